The topological polar surface area (TPSA) is 27.1 Å². The Balaban J connectivity index is 1.63. The highest BCUT2D eigenvalue weighted by molar-refractivity contribution is 5.62. The molecule has 0 aliphatic rings. The van der Waals surface area contributed by atoms with E-state index < -0.39 is 0 Å². The van der Waals surface area contributed by atoms with Crippen LogP contribution in [0.2, 0.25) is 0 Å². The van der Waals surface area contributed by atoms with E-state index in [9.17, 15) is 0 Å². The Labute approximate surface area is 159 Å². The second-order valence-electron chi connectivity index (χ2n) is 6.20. The maximum Gasteiger partial charge on any atom is 0.132 e. The molecule has 132 valence electrons. The van der Waals surface area contributed by atoms with Crippen LogP contribution in [0, 0.1) is 0 Å². The van der Waals surface area contributed by atoms with Gasteiger partial charge in [-0.15, -0.1) is 0 Å². The van der Waals surface area contributed by atoms with Crippen molar-refractivity contribution in [3.05, 3.63) is 109 Å². The van der Waals surface area contributed by atoms with Crippen LogP contribution < -0.4 is 4.74 Å². The molecule has 3 nitrogen and oxygen atoms in total. The van der Waals surface area contributed by atoms with E-state index in [1.165, 1.54) is 0 Å². The Kier molecular flexibility index (Phi) is 4.84. The Morgan fingerprint density at radius 3 is 2.19 bits per heavy atom. The van der Waals surface area contributed by atoms with Crippen LogP contribution in [-0.4, -0.2) is 9.78 Å². The van der Waals surface area contributed by atoms with Crippen molar-refractivity contribution in [3.8, 4) is 22.7 Å². The van der Waals surface area contributed by atoms with Crippen LogP contribution in [0.1, 0.15) is 11.3 Å². The molecule has 0 radical (unpaired) electrons. The smallest absolute Gasteiger partial charge is 0.132 e. The van der Waals surface area contributed by atoms with Gasteiger partial charge in [0.1, 0.15) is 18.1 Å². The summed E-state index contributed by atoms with van der Waals surface area (Å²) in [4.78, 5) is 0. The SMILES string of the molecule is C=Cc1ccc(OCc2cc(-c3ccccc3)n(-c3ccccc3)n2)cc1. The summed E-state index contributed by atoms with van der Waals surface area (Å²) in [6, 6.07) is 30.4. The lowest BCUT2D eigenvalue weighted by Gasteiger charge is -2.07. The molecule has 4 rings (SSSR count). The molecule has 0 bridgehead atoms. The molecule has 0 atom stereocenters. The molecule has 0 saturated heterocycles. The van der Waals surface area contributed by atoms with Gasteiger partial charge in [-0.2, -0.15) is 5.10 Å². The summed E-state index contributed by atoms with van der Waals surface area (Å²) in [5.41, 5.74) is 5.14. The van der Waals surface area contributed by atoms with Gasteiger partial charge in [0.25, 0.3) is 0 Å². The zero-order valence-corrected chi connectivity index (χ0v) is 15.0. The predicted octanol–water partition coefficient (Wildman–Crippen LogP) is 5.76. The Bertz CT molecular complexity index is 962. The van der Waals surface area contributed by atoms with E-state index >= 15 is 0 Å². The van der Waals surface area contributed by atoms with Crippen LogP contribution in [0.3, 0.4) is 0 Å². The molecular weight excluding hydrogens is 332 g/mol. The summed E-state index contributed by atoms with van der Waals surface area (Å²) in [6.45, 7) is 4.18. The third kappa shape index (κ3) is 3.82. The third-order valence-corrected chi connectivity index (χ3v) is 4.33. The van der Waals surface area contributed by atoms with Gasteiger partial charge in [0, 0.05) is 5.56 Å². The Morgan fingerprint density at radius 1 is 0.852 bits per heavy atom. The van der Waals surface area contributed by atoms with Crippen molar-refractivity contribution in [2.45, 2.75) is 6.61 Å². The van der Waals surface area contributed by atoms with Gasteiger partial charge in [0.15, 0.2) is 0 Å². The first-order chi connectivity index (χ1) is 13.3. The first-order valence-corrected chi connectivity index (χ1v) is 8.88. The molecule has 0 N–H and O–H groups in total. The highest BCUT2D eigenvalue weighted by atomic mass is 16.5. The molecule has 1 aromatic heterocycles. The summed E-state index contributed by atoms with van der Waals surface area (Å²) in [6.07, 6.45) is 1.82. The van der Waals surface area contributed by atoms with Gasteiger partial charge in [0.2, 0.25) is 0 Å². The quantitative estimate of drug-likeness (QED) is 0.441. The fraction of sp³-hybridized carbons (Fsp3) is 0.0417. The molecule has 4 aromatic rings. The summed E-state index contributed by atoms with van der Waals surface area (Å²) in [5, 5.41) is 4.78. The number of ether oxygens (including phenoxy) is 1. The maximum atomic E-state index is 5.92. The van der Waals surface area contributed by atoms with Gasteiger partial charge in [-0.1, -0.05) is 73.3 Å². The molecule has 3 heteroatoms. The largest absolute Gasteiger partial charge is 0.487 e. The number of hydrogen-bond acceptors (Lipinski definition) is 2. The molecule has 0 spiro atoms. The number of hydrogen-bond donors (Lipinski definition) is 0. The minimum absolute atomic E-state index is 0.410. The van der Waals surface area contributed by atoms with E-state index in [0.29, 0.717) is 6.61 Å². The van der Waals surface area contributed by atoms with E-state index in [4.69, 9.17) is 9.84 Å². The number of benzene rings is 3. The van der Waals surface area contributed by atoms with Crippen LogP contribution in [-0.2, 0) is 6.61 Å². The van der Waals surface area contributed by atoms with Crippen LogP contribution >= 0.6 is 0 Å². The predicted molar refractivity (Wildman–Crippen MR) is 110 cm³/mol. The monoisotopic (exact) mass is 352 g/mol. The van der Waals surface area contributed by atoms with Crippen LogP contribution in [0.25, 0.3) is 23.0 Å². The highest BCUT2D eigenvalue weighted by Gasteiger charge is 2.12. The van der Waals surface area contributed by atoms with E-state index in [2.05, 4.69) is 36.9 Å². The molecule has 1 heterocycles. The lowest BCUT2D eigenvalue weighted by atomic mass is 10.1. The molecular formula is C24H20N2O. The van der Waals surface area contributed by atoms with Crippen molar-refractivity contribution < 1.29 is 4.74 Å². The fourth-order valence-corrected chi connectivity index (χ4v) is 2.94. The van der Waals surface area contributed by atoms with Gasteiger partial charge >= 0.3 is 0 Å². The molecule has 0 amide bonds. The molecule has 0 unspecified atom stereocenters. The van der Waals surface area contributed by atoms with Crippen molar-refractivity contribution in [3.63, 3.8) is 0 Å². The van der Waals surface area contributed by atoms with Gasteiger partial charge < -0.3 is 4.74 Å². The maximum absolute atomic E-state index is 5.92. The normalized spacial score (nSPS) is 10.5. The summed E-state index contributed by atoms with van der Waals surface area (Å²) < 4.78 is 7.89. The number of para-hydroxylation sites is 1. The highest BCUT2D eigenvalue weighted by Crippen LogP contribution is 2.24. The van der Waals surface area contributed by atoms with Crippen LogP contribution in [0.15, 0.2) is 97.6 Å². The van der Waals surface area contributed by atoms with E-state index in [-0.39, 0.29) is 0 Å². The standard InChI is InChI=1S/C24H20N2O/c1-2-19-13-15-23(16-14-19)27-18-21-17-24(20-9-5-3-6-10-20)26(25-21)22-11-7-4-8-12-22/h2-17H,1,18H2. The Hall–Kier alpha value is -3.59. The number of nitrogens with zero attached hydrogens (tertiary/aromatic N) is 2. The van der Waals surface area contributed by atoms with Crippen molar-refractivity contribution in [1.29, 1.82) is 0 Å². The third-order valence-electron chi connectivity index (χ3n) is 4.33. The lowest BCUT2D eigenvalue weighted by molar-refractivity contribution is 0.300. The van der Waals surface area contributed by atoms with E-state index in [0.717, 1.165) is 34.0 Å². The number of rotatable bonds is 6. The average molecular weight is 352 g/mol. The van der Waals surface area contributed by atoms with Gasteiger partial charge in [-0.05, 0) is 35.9 Å². The molecule has 0 fully saturated rings. The molecule has 0 aliphatic carbocycles. The van der Waals surface area contributed by atoms with Gasteiger partial charge in [-0.25, -0.2) is 4.68 Å². The van der Waals surface area contributed by atoms with Crippen molar-refractivity contribution in [1.82, 2.24) is 9.78 Å². The number of aromatic nitrogens is 2. The summed E-state index contributed by atoms with van der Waals surface area (Å²) in [5.74, 6) is 0.816. The Morgan fingerprint density at radius 2 is 1.52 bits per heavy atom. The molecule has 0 saturated carbocycles. The molecule has 27 heavy (non-hydrogen) atoms. The van der Waals surface area contributed by atoms with Crippen LogP contribution in [0.4, 0.5) is 0 Å². The molecule has 0 aliphatic heterocycles. The first kappa shape index (κ1) is 16.9. The van der Waals surface area contributed by atoms with E-state index in [1.54, 1.807) is 0 Å². The average Bonchev–Trinajstić information content (AvgIpc) is 3.18. The van der Waals surface area contributed by atoms with Crippen molar-refractivity contribution in [2.75, 3.05) is 0 Å². The summed E-state index contributed by atoms with van der Waals surface area (Å²) in [7, 11) is 0. The second kappa shape index (κ2) is 7.75. The fourth-order valence-electron chi connectivity index (χ4n) is 2.94. The summed E-state index contributed by atoms with van der Waals surface area (Å²) >= 11 is 0. The molecule has 3 aromatic carbocycles. The van der Waals surface area contributed by atoms with Crippen molar-refractivity contribution >= 4 is 6.08 Å². The van der Waals surface area contributed by atoms with Crippen LogP contribution in [0.5, 0.6) is 5.75 Å². The second-order valence-corrected chi connectivity index (χ2v) is 6.20. The van der Waals surface area contributed by atoms with Gasteiger partial charge in [-0.3, -0.25) is 0 Å². The zero-order chi connectivity index (χ0) is 18.5. The minimum atomic E-state index is 0.410. The minimum Gasteiger partial charge on any atom is -0.487 e. The van der Waals surface area contributed by atoms with Crippen molar-refractivity contribution in [2.24, 2.45) is 0 Å². The lowest BCUT2D eigenvalue weighted by Crippen LogP contribution is -2.01. The zero-order valence-electron chi connectivity index (χ0n) is 15.0. The van der Waals surface area contributed by atoms with E-state index in [1.807, 2.05) is 71.4 Å². The van der Waals surface area contributed by atoms with Gasteiger partial charge in [0.05, 0.1) is 11.4 Å². The first-order valence-electron chi connectivity index (χ1n) is 8.88.